The number of benzene rings is 1. The molecule has 0 amide bonds. The number of oxime groups is 1. The third-order valence-electron chi connectivity index (χ3n) is 1.58. The monoisotopic (exact) mass is 237 g/mol. The van der Waals surface area contributed by atoms with Crippen LogP contribution in [0.3, 0.4) is 0 Å². The van der Waals surface area contributed by atoms with Crippen LogP contribution in [-0.2, 0) is 11.4 Å². The smallest absolute Gasteiger partial charge is 0.740 e. The van der Waals surface area contributed by atoms with Gasteiger partial charge in [0.25, 0.3) is 0 Å². The summed E-state index contributed by atoms with van der Waals surface area (Å²) >= 11 is -2.63. The molecule has 1 aromatic rings. The second-order valence-electron chi connectivity index (χ2n) is 2.47. The SMILES string of the molecule is C/C(=N/O)c1ccccc1OS(=O)[O-].[Na+]. The third-order valence-corrected chi connectivity index (χ3v) is 1.90. The van der Waals surface area contributed by atoms with Crippen LogP contribution in [0.1, 0.15) is 12.5 Å². The van der Waals surface area contributed by atoms with Gasteiger partial charge < -0.3 is 13.9 Å². The van der Waals surface area contributed by atoms with E-state index in [1.165, 1.54) is 13.0 Å². The van der Waals surface area contributed by atoms with Gasteiger partial charge in [-0.1, -0.05) is 17.3 Å². The van der Waals surface area contributed by atoms with E-state index in [-0.39, 0.29) is 41.0 Å². The third kappa shape index (κ3) is 4.31. The molecule has 15 heavy (non-hydrogen) atoms. The average Bonchev–Trinajstić information content (AvgIpc) is 2.16. The summed E-state index contributed by atoms with van der Waals surface area (Å²) in [6.45, 7) is 1.54. The Bertz CT molecular complexity index is 383. The Morgan fingerprint density at radius 2 is 2.13 bits per heavy atom. The maximum atomic E-state index is 10.3. The van der Waals surface area contributed by atoms with Crippen LogP contribution in [-0.4, -0.2) is 19.7 Å². The van der Waals surface area contributed by atoms with Gasteiger partial charge in [-0.15, -0.1) is 0 Å². The summed E-state index contributed by atoms with van der Waals surface area (Å²) in [7, 11) is 0. The van der Waals surface area contributed by atoms with Gasteiger partial charge in [-0.25, -0.2) is 4.21 Å². The Labute approximate surface area is 112 Å². The van der Waals surface area contributed by atoms with Crippen LogP contribution in [0.25, 0.3) is 0 Å². The number of hydrogen-bond acceptors (Lipinski definition) is 5. The van der Waals surface area contributed by atoms with E-state index < -0.39 is 11.4 Å². The quantitative estimate of drug-likeness (QED) is 0.218. The van der Waals surface area contributed by atoms with E-state index in [1.807, 2.05) is 0 Å². The standard InChI is InChI=1S/C8H9NO4S.Na/c1-6(9-10)7-4-2-3-5-8(7)13-14(11)12;/h2-5,10H,1H3,(H,11,12);/q;+1/p-1/b9-6-;. The molecular formula is C8H8NNaO4S. The molecule has 0 aliphatic carbocycles. The summed E-state index contributed by atoms with van der Waals surface area (Å²) in [5.74, 6) is 0.135. The molecule has 0 radical (unpaired) electrons. The molecule has 0 spiro atoms. The van der Waals surface area contributed by atoms with Crippen molar-refractivity contribution >= 4 is 17.1 Å². The molecule has 0 aromatic heterocycles. The van der Waals surface area contributed by atoms with Crippen molar-refractivity contribution in [1.29, 1.82) is 0 Å². The Balaban J connectivity index is 0.00000196. The van der Waals surface area contributed by atoms with Gasteiger partial charge in [0.15, 0.2) is 0 Å². The van der Waals surface area contributed by atoms with Gasteiger partial charge in [0.05, 0.1) is 5.71 Å². The molecule has 1 unspecified atom stereocenters. The minimum Gasteiger partial charge on any atom is -0.740 e. The fraction of sp³-hybridized carbons (Fsp3) is 0.125. The Morgan fingerprint density at radius 3 is 2.67 bits per heavy atom. The molecule has 0 aliphatic heterocycles. The topological polar surface area (TPSA) is 82.0 Å². The second kappa shape index (κ2) is 6.97. The van der Waals surface area contributed by atoms with E-state index in [0.29, 0.717) is 5.56 Å². The molecular weight excluding hydrogens is 229 g/mol. The van der Waals surface area contributed by atoms with Crippen LogP contribution >= 0.6 is 0 Å². The van der Waals surface area contributed by atoms with Gasteiger partial charge in [0.1, 0.15) is 17.1 Å². The Kier molecular flexibility index (Phi) is 6.78. The number of nitrogens with zero attached hydrogens (tertiary/aromatic N) is 1. The largest absolute Gasteiger partial charge is 1.00 e. The van der Waals surface area contributed by atoms with Crippen LogP contribution in [0.5, 0.6) is 5.75 Å². The number of rotatable bonds is 3. The molecule has 0 bridgehead atoms. The zero-order chi connectivity index (χ0) is 10.6. The average molecular weight is 237 g/mol. The van der Waals surface area contributed by atoms with Crippen LogP contribution in [0.15, 0.2) is 29.4 Å². The Hall–Kier alpha value is -0.400. The van der Waals surface area contributed by atoms with Crippen molar-refractivity contribution in [2.75, 3.05) is 0 Å². The zero-order valence-electron chi connectivity index (χ0n) is 8.34. The zero-order valence-corrected chi connectivity index (χ0v) is 11.2. The van der Waals surface area contributed by atoms with E-state index in [4.69, 9.17) is 5.21 Å². The molecule has 0 fully saturated rings. The summed E-state index contributed by atoms with van der Waals surface area (Å²) in [5.41, 5.74) is 0.713. The van der Waals surface area contributed by atoms with Crippen LogP contribution in [0, 0.1) is 0 Å². The van der Waals surface area contributed by atoms with Crippen LogP contribution < -0.4 is 33.7 Å². The van der Waals surface area contributed by atoms with Crippen LogP contribution in [0.2, 0.25) is 0 Å². The van der Waals surface area contributed by atoms with Gasteiger partial charge in [0, 0.05) is 5.56 Å². The molecule has 76 valence electrons. The summed E-state index contributed by atoms with van der Waals surface area (Å²) < 4.78 is 25.1. The van der Waals surface area contributed by atoms with Crippen molar-refractivity contribution in [3.8, 4) is 5.75 Å². The van der Waals surface area contributed by atoms with Gasteiger partial charge in [-0.3, -0.25) is 0 Å². The van der Waals surface area contributed by atoms with Gasteiger partial charge in [-0.05, 0) is 19.1 Å². The van der Waals surface area contributed by atoms with E-state index in [2.05, 4.69) is 9.34 Å². The molecule has 7 heteroatoms. The van der Waals surface area contributed by atoms with Crippen molar-refractivity contribution in [3.63, 3.8) is 0 Å². The minimum absolute atomic E-state index is 0. The molecule has 0 aliphatic rings. The van der Waals surface area contributed by atoms with Gasteiger partial charge in [-0.2, -0.15) is 0 Å². The van der Waals surface area contributed by atoms with Gasteiger partial charge >= 0.3 is 29.6 Å². The summed E-state index contributed by atoms with van der Waals surface area (Å²) in [6.07, 6.45) is 0. The predicted octanol–water partition coefficient (Wildman–Crippen LogP) is -1.94. The molecule has 1 aromatic carbocycles. The van der Waals surface area contributed by atoms with Crippen molar-refractivity contribution in [3.05, 3.63) is 29.8 Å². The fourth-order valence-corrected chi connectivity index (χ4v) is 1.26. The van der Waals surface area contributed by atoms with Gasteiger partial charge in [0.2, 0.25) is 0 Å². The van der Waals surface area contributed by atoms with E-state index in [0.717, 1.165) is 0 Å². The molecule has 0 saturated carbocycles. The van der Waals surface area contributed by atoms with Crippen molar-refractivity contribution in [1.82, 2.24) is 0 Å². The first-order valence-electron chi connectivity index (χ1n) is 3.71. The summed E-state index contributed by atoms with van der Waals surface area (Å²) in [4.78, 5) is 0. The van der Waals surface area contributed by atoms with Crippen molar-refractivity contribution in [2.45, 2.75) is 6.92 Å². The summed E-state index contributed by atoms with van der Waals surface area (Å²) in [5, 5.41) is 11.5. The number of para-hydroxylation sites is 1. The predicted molar refractivity (Wildman–Crippen MR) is 50.0 cm³/mol. The normalized spacial score (nSPS) is 12.8. The fourth-order valence-electron chi connectivity index (χ4n) is 0.965. The molecule has 1 rings (SSSR count). The van der Waals surface area contributed by atoms with Crippen LogP contribution in [0.4, 0.5) is 0 Å². The number of hydrogen-bond donors (Lipinski definition) is 1. The maximum absolute atomic E-state index is 10.3. The first-order valence-corrected chi connectivity index (χ1v) is 4.71. The maximum Gasteiger partial charge on any atom is 1.00 e. The molecule has 0 heterocycles. The Morgan fingerprint density at radius 1 is 1.53 bits per heavy atom. The first kappa shape index (κ1) is 14.6. The van der Waals surface area contributed by atoms with Crippen molar-refractivity contribution in [2.24, 2.45) is 5.16 Å². The van der Waals surface area contributed by atoms with Crippen molar-refractivity contribution < 1.29 is 47.7 Å². The molecule has 5 nitrogen and oxygen atoms in total. The van der Waals surface area contributed by atoms with E-state index in [9.17, 15) is 8.76 Å². The second-order valence-corrected chi connectivity index (χ2v) is 3.04. The first-order chi connectivity index (χ1) is 6.65. The molecule has 0 saturated heterocycles. The summed E-state index contributed by atoms with van der Waals surface area (Å²) in [6, 6.07) is 6.37. The van der Waals surface area contributed by atoms with E-state index in [1.54, 1.807) is 18.2 Å². The molecule has 1 atom stereocenters. The molecule has 1 N–H and O–H groups in total. The van der Waals surface area contributed by atoms with E-state index >= 15 is 0 Å². The minimum atomic E-state index is -2.63.